The van der Waals surface area contributed by atoms with Gasteiger partial charge in [-0.1, -0.05) is 41.9 Å². The van der Waals surface area contributed by atoms with Crippen LogP contribution in [0.25, 0.3) is 10.9 Å². The number of carbonyl (C=O) groups is 1. The minimum atomic E-state index is -0.457. The lowest BCUT2D eigenvalue weighted by molar-refractivity contribution is -0.118. The number of nitrogens with one attached hydrogen (secondary N) is 1. The predicted octanol–water partition coefficient (Wildman–Crippen LogP) is 4.56. The SMILES string of the molecule is O=C(Nc1cccc2cccnc12)C1(c2cccc(Cl)c2)CC1. The van der Waals surface area contributed by atoms with Crippen LogP contribution >= 0.6 is 11.6 Å². The van der Waals surface area contributed by atoms with Crippen molar-refractivity contribution in [1.82, 2.24) is 4.98 Å². The quantitative estimate of drug-likeness (QED) is 0.768. The summed E-state index contributed by atoms with van der Waals surface area (Å²) in [4.78, 5) is 17.3. The van der Waals surface area contributed by atoms with Crippen molar-refractivity contribution in [3.63, 3.8) is 0 Å². The van der Waals surface area contributed by atoms with Crippen molar-refractivity contribution in [2.75, 3.05) is 5.32 Å². The smallest absolute Gasteiger partial charge is 0.235 e. The van der Waals surface area contributed by atoms with Gasteiger partial charge in [0.25, 0.3) is 0 Å². The summed E-state index contributed by atoms with van der Waals surface area (Å²) in [6, 6.07) is 17.3. The average Bonchev–Trinajstić information content (AvgIpc) is 3.37. The molecule has 4 rings (SSSR count). The summed E-state index contributed by atoms with van der Waals surface area (Å²) in [7, 11) is 0. The maximum Gasteiger partial charge on any atom is 0.235 e. The first-order valence-corrected chi connectivity index (χ1v) is 7.98. The highest BCUT2D eigenvalue weighted by molar-refractivity contribution is 6.30. The van der Waals surface area contributed by atoms with Gasteiger partial charge in [0, 0.05) is 16.6 Å². The van der Waals surface area contributed by atoms with E-state index in [9.17, 15) is 4.79 Å². The summed E-state index contributed by atoms with van der Waals surface area (Å²) in [5.74, 6) is 0.0120. The molecule has 0 bridgehead atoms. The topological polar surface area (TPSA) is 42.0 Å². The van der Waals surface area contributed by atoms with Crippen molar-refractivity contribution in [3.8, 4) is 0 Å². The number of halogens is 1. The van der Waals surface area contributed by atoms with Crippen LogP contribution in [-0.4, -0.2) is 10.9 Å². The molecule has 3 nitrogen and oxygen atoms in total. The van der Waals surface area contributed by atoms with Gasteiger partial charge in [0.05, 0.1) is 16.6 Å². The number of carbonyl (C=O) groups excluding carboxylic acids is 1. The van der Waals surface area contributed by atoms with Crippen LogP contribution in [0.3, 0.4) is 0 Å². The highest BCUT2D eigenvalue weighted by atomic mass is 35.5. The number of para-hydroxylation sites is 1. The number of hydrogen-bond donors (Lipinski definition) is 1. The molecule has 0 radical (unpaired) electrons. The monoisotopic (exact) mass is 322 g/mol. The fourth-order valence-electron chi connectivity index (χ4n) is 3.01. The molecule has 1 aliphatic carbocycles. The van der Waals surface area contributed by atoms with Gasteiger partial charge in [-0.05, 0) is 42.7 Å². The first-order chi connectivity index (χ1) is 11.2. The Balaban J connectivity index is 1.67. The van der Waals surface area contributed by atoms with Crippen molar-refractivity contribution in [2.24, 2.45) is 0 Å². The van der Waals surface area contributed by atoms with Gasteiger partial charge in [-0.2, -0.15) is 0 Å². The molecule has 1 aromatic heterocycles. The van der Waals surface area contributed by atoms with Crippen LogP contribution in [0.2, 0.25) is 5.02 Å². The molecule has 23 heavy (non-hydrogen) atoms. The normalized spacial score (nSPS) is 15.3. The van der Waals surface area contributed by atoms with Crippen LogP contribution in [0.4, 0.5) is 5.69 Å². The van der Waals surface area contributed by atoms with E-state index in [1.165, 1.54) is 0 Å². The molecule has 114 valence electrons. The van der Waals surface area contributed by atoms with Crippen LogP contribution in [0.15, 0.2) is 60.8 Å². The number of hydrogen-bond acceptors (Lipinski definition) is 2. The lowest BCUT2D eigenvalue weighted by atomic mass is 9.95. The van der Waals surface area contributed by atoms with Gasteiger partial charge in [0.1, 0.15) is 0 Å². The first-order valence-electron chi connectivity index (χ1n) is 7.60. The molecule has 0 atom stereocenters. The largest absolute Gasteiger partial charge is 0.323 e. The summed E-state index contributed by atoms with van der Waals surface area (Å²) < 4.78 is 0. The lowest BCUT2D eigenvalue weighted by Crippen LogP contribution is -2.27. The van der Waals surface area contributed by atoms with Crippen molar-refractivity contribution in [1.29, 1.82) is 0 Å². The maximum atomic E-state index is 12.9. The zero-order valence-corrected chi connectivity index (χ0v) is 13.2. The molecule has 1 heterocycles. The Kier molecular flexibility index (Phi) is 3.31. The highest BCUT2D eigenvalue weighted by Crippen LogP contribution is 2.49. The lowest BCUT2D eigenvalue weighted by Gasteiger charge is -2.17. The Morgan fingerprint density at radius 2 is 1.87 bits per heavy atom. The van der Waals surface area contributed by atoms with Crippen molar-refractivity contribution in [2.45, 2.75) is 18.3 Å². The van der Waals surface area contributed by atoms with Gasteiger partial charge < -0.3 is 5.32 Å². The Labute approximate surface area is 139 Å². The van der Waals surface area contributed by atoms with Crippen LogP contribution in [0.5, 0.6) is 0 Å². The van der Waals surface area contributed by atoms with Crippen molar-refractivity contribution >= 4 is 34.1 Å². The van der Waals surface area contributed by atoms with Gasteiger partial charge in [-0.15, -0.1) is 0 Å². The molecule has 1 saturated carbocycles. The number of amides is 1. The average molecular weight is 323 g/mol. The van der Waals surface area contributed by atoms with E-state index in [0.29, 0.717) is 5.02 Å². The van der Waals surface area contributed by atoms with E-state index in [1.54, 1.807) is 6.20 Å². The molecule has 0 aliphatic heterocycles. The summed E-state index contributed by atoms with van der Waals surface area (Å²) >= 11 is 6.08. The standard InChI is InChI=1S/C19H15ClN2O/c20-15-7-2-6-14(12-15)19(9-10-19)18(23)22-16-8-1-4-13-5-3-11-21-17(13)16/h1-8,11-12H,9-10H2,(H,22,23). The van der Waals surface area contributed by atoms with Gasteiger partial charge in [0.2, 0.25) is 5.91 Å². The molecule has 2 aromatic carbocycles. The number of nitrogens with zero attached hydrogens (tertiary/aromatic N) is 1. The summed E-state index contributed by atoms with van der Waals surface area (Å²) in [5.41, 5.74) is 2.09. The number of fused-ring (bicyclic) bond motifs is 1. The third-order valence-corrected chi connectivity index (χ3v) is 4.68. The molecule has 1 N–H and O–H groups in total. The number of aromatic nitrogens is 1. The number of benzene rings is 2. The third-order valence-electron chi connectivity index (χ3n) is 4.44. The van der Waals surface area contributed by atoms with E-state index in [0.717, 1.165) is 35.0 Å². The first kappa shape index (κ1) is 14.2. The van der Waals surface area contributed by atoms with E-state index in [1.807, 2.05) is 54.6 Å². The zero-order valence-electron chi connectivity index (χ0n) is 12.4. The molecule has 0 unspecified atom stereocenters. The summed E-state index contributed by atoms with van der Waals surface area (Å²) in [5, 5.41) is 4.73. The number of anilines is 1. The minimum Gasteiger partial charge on any atom is -0.323 e. The molecule has 1 amide bonds. The van der Waals surface area contributed by atoms with E-state index >= 15 is 0 Å². The van der Waals surface area contributed by atoms with E-state index in [4.69, 9.17) is 11.6 Å². The zero-order chi connectivity index (χ0) is 15.9. The number of pyridine rings is 1. The molecule has 0 saturated heterocycles. The van der Waals surface area contributed by atoms with Gasteiger partial charge >= 0.3 is 0 Å². The molecular weight excluding hydrogens is 308 g/mol. The predicted molar refractivity (Wildman–Crippen MR) is 92.7 cm³/mol. The van der Waals surface area contributed by atoms with Crippen LogP contribution < -0.4 is 5.32 Å². The van der Waals surface area contributed by atoms with E-state index < -0.39 is 5.41 Å². The fourth-order valence-corrected chi connectivity index (χ4v) is 3.20. The second kappa shape index (κ2) is 5.36. The Bertz CT molecular complexity index is 897. The van der Waals surface area contributed by atoms with Crippen molar-refractivity contribution < 1.29 is 4.79 Å². The number of rotatable bonds is 3. The maximum absolute atomic E-state index is 12.9. The molecule has 1 aliphatic rings. The fraction of sp³-hybridized carbons (Fsp3) is 0.158. The second-order valence-corrected chi connectivity index (χ2v) is 6.36. The Morgan fingerprint density at radius 3 is 2.65 bits per heavy atom. The van der Waals surface area contributed by atoms with Gasteiger partial charge in [-0.3, -0.25) is 9.78 Å². The second-order valence-electron chi connectivity index (χ2n) is 5.93. The summed E-state index contributed by atoms with van der Waals surface area (Å²) in [6.07, 6.45) is 3.43. The Morgan fingerprint density at radius 1 is 1.09 bits per heavy atom. The van der Waals surface area contributed by atoms with Crippen LogP contribution in [-0.2, 0) is 10.2 Å². The van der Waals surface area contributed by atoms with Crippen molar-refractivity contribution in [3.05, 3.63) is 71.4 Å². The van der Waals surface area contributed by atoms with Gasteiger partial charge in [-0.25, -0.2) is 0 Å². The Hall–Kier alpha value is -2.39. The molecule has 1 fully saturated rings. The highest BCUT2D eigenvalue weighted by Gasteiger charge is 2.51. The van der Waals surface area contributed by atoms with E-state index in [2.05, 4.69) is 10.3 Å². The van der Waals surface area contributed by atoms with E-state index in [-0.39, 0.29) is 5.91 Å². The molecular formula is C19H15ClN2O. The van der Waals surface area contributed by atoms with Crippen LogP contribution in [0.1, 0.15) is 18.4 Å². The van der Waals surface area contributed by atoms with Crippen LogP contribution in [0, 0.1) is 0 Å². The minimum absolute atomic E-state index is 0.0120. The molecule has 4 heteroatoms. The van der Waals surface area contributed by atoms with Gasteiger partial charge in [0.15, 0.2) is 0 Å². The molecule has 0 spiro atoms. The summed E-state index contributed by atoms with van der Waals surface area (Å²) in [6.45, 7) is 0. The third kappa shape index (κ3) is 2.47. The molecule has 3 aromatic rings.